The Morgan fingerprint density at radius 1 is 1.12 bits per heavy atom. The third kappa shape index (κ3) is 1.50. The molecule has 3 rings (SSSR count). The van der Waals surface area contributed by atoms with Gasteiger partial charge < -0.3 is 10.6 Å². The summed E-state index contributed by atoms with van der Waals surface area (Å²) >= 11 is 0. The molecule has 2 nitrogen and oxygen atoms in total. The summed E-state index contributed by atoms with van der Waals surface area (Å²) in [5.74, 6) is 0.558. The zero-order chi connectivity index (χ0) is 12.3. The summed E-state index contributed by atoms with van der Waals surface area (Å²) in [6.07, 6.45) is 0. The Balaban J connectivity index is 2.11. The molecule has 2 aliphatic rings. The lowest BCUT2D eigenvalue weighted by Gasteiger charge is -2.50. The van der Waals surface area contributed by atoms with Crippen LogP contribution in [0.3, 0.4) is 0 Å². The second-order valence-corrected chi connectivity index (χ2v) is 6.75. The molecule has 2 aliphatic heterocycles. The molecule has 2 N–H and O–H groups in total. The fraction of sp³-hybridized carbons (Fsp3) is 0.600. The standard InChI is InChI=1S/C15H22N2/c1-14(2)9-16-15(3,4)12-10-7-5-6-8-11(10)17-13(12)14/h5-8,12-13,16-17H,9H2,1-4H3/t12-,13-/m0/s1. The summed E-state index contributed by atoms with van der Waals surface area (Å²) in [4.78, 5) is 0. The number of piperidine rings is 1. The van der Waals surface area contributed by atoms with Crippen LogP contribution in [0.15, 0.2) is 24.3 Å². The van der Waals surface area contributed by atoms with Crippen LogP contribution in [-0.2, 0) is 0 Å². The van der Waals surface area contributed by atoms with Gasteiger partial charge in [-0.05, 0) is 30.9 Å². The van der Waals surface area contributed by atoms with Gasteiger partial charge in [0.15, 0.2) is 0 Å². The molecule has 1 aromatic carbocycles. The van der Waals surface area contributed by atoms with Crippen molar-refractivity contribution in [3.63, 3.8) is 0 Å². The minimum absolute atomic E-state index is 0.166. The summed E-state index contributed by atoms with van der Waals surface area (Å²) < 4.78 is 0. The van der Waals surface area contributed by atoms with Crippen molar-refractivity contribution in [1.29, 1.82) is 0 Å². The summed E-state index contributed by atoms with van der Waals surface area (Å²) in [6.45, 7) is 10.4. The van der Waals surface area contributed by atoms with E-state index in [0.29, 0.717) is 17.4 Å². The van der Waals surface area contributed by atoms with Crippen LogP contribution in [0.1, 0.15) is 39.2 Å². The van der Waals surface area contributed by atoms with Crippen molar-refractivity contribution in [2.24, 2.45) is 5.41 Å². The monoisotopic (exact) mass is 230 g/mol. The van der Waals surface area contributed by atoms with Crippen LogP contribution in [-0.4, -0.2) is 18.1 Å². The SMILES string of the molecule is CC1(C)CNC(C)(C)[C@H]2c3ccccc3N[C@@H]21. The Kier molecular flexibility index (Phi) is 2.13. The lowest BCUT2D eigenvalue weighted by molar-refractivity contribution is 0.132. The van der Waals surface area contributed by atoms with E-state index in [1.807, 2.05) is 0 Å². The molecule has 0 aromatic heterocycles. The van der Waals surface area contributed by atoms with E-state index in [-0.39, 0.29) is 5.54 Å². The predicted molar refractivity (Wildman–Crippen MR) is 72.5 cm³/mol. The lowest BCUT2D eigenvalue weighted by Crippen LogP contribution is -2.61. The Morgan fingerprint density at radius 3 is 2.59 bits per heavy atom. The molecule has 0 saturated carbocycles. The molecule has 1 fully saturated rings. The molecular formula is C15H22N2. The molecule has 0 unspecified atom stereocenters. The minimum Gasteiger partial charge on any atom is -0.381 e. The first-order chi connectivity index (χ1) is 7.92. The van der Waals surface area contributed by atoms with Gasteiger partial charge >= 0.3 is 0 Å². The molecule has 0 radical (unpaired) electrons. The van der Waals surface area contributed by atoms with Crippen molar-refractivity contribution in [1.82, 2.24) is 5.32 Å². The van der Waals surface area contributed by atoms with Gasteiger partial charge in [0, 0.05) is 29.7 Å². The molecule has 0 aliphatic carbocycles. The van der Waals surface area contributed by atoms with E-state index in [9.17, 15) is 0 Å². The first-order valence-electron chi connectivity index (χ1n) is 6.52. The maximum absolute atomic E-state index is 3.74. The van der Waals surface area contributed by atoms with Gasteiger partial charge in [-0.3, -0.25) is 0 Å². The Morgan fingerprint density at radius 2 is 1.82 bits per heavy atom. The van der Waals surface area contributed by atoms with E-state index in [4.69, 9.17) is 0 Å². The van der Waals surface area contributed by atoms with Gasteiger partial charge in [-0.1, -0.05) is 32.0 Å². The molecule has 1 aromatic rings. The van der Waals surface area contributed by atoms with Gasteiger partial charge in [0.25, 0.3) is 0 Å². The minimum atomic E-state index is 0.166. The quantitative estimate of drug-likeness (QED) is 0.716. The average molecular weight is 230 g/mol. The number of hydrogen-bond acceptors (Lipinski definition) is 2. The highest BCUT2D eigenvalue weighted by molar-refractivity contribution is 5.61. The molecule has 0 amide bonds. The lowest BCUT2D eigenvalue weighted by atomic mass is 9.66. The Hall–Kier alpha value is -1.02. The third-order valence-electron chi connectivity index (χ3n) is 4.56. The van der Waals surface area contributed by atoms with Crippen LogP contribution in [0.4, 0.5) is 5.69 Å². The summed E-state index contributed by atoms with van der Waals surface area (Å²) in [5.41, 5.74) is 3.26. The number of nitrogens with one attached hydrogen (secondary N) is 2. The van der Waals surface area contributed by atoms with Crippen LogP contribution in [0, 0.1) is 5.41 Å². The van der Waals surface area contributed by atoms with Crippen molar-refractivity contribution >= 4 is 5.69 Å². The Labute approximate surface area is 104 Å². The van der Waals surface area contributed by atoms with E-state index in [0.717, 1.165) is 6.54 Å². The summed E-state index contributed by atoms with van der Waals surface area (Å²) in [7, 11) is 0. The number of benzene rings is 1. The predicted octanol–water partition coefficient (Wildman–Crippen LogP) is 2.97. The van der Waals surface area contributed by atoms with Gasteiger partial charge in [0.1, 0.15) is 0 Å². The van der Waals surface area contributed by atoms with Gasteiger partial charge in [0.05, 0.1) is 0 Å². The number of anilines is 1. The van der Waals surface area contributed by atoms with Crippen molar-refractivity contribution in [2.75, 3.05) is 11.9 Å². The van der Waals surface area contributed by atoms with Crippen molar-refractivity contribution in [2.45, 2.75) is 45.2 Å². The summed E-state index contributed by atoms with van der Waals surface area (Å²) in [6, 6.07) is 9.30. The maximum Gasteiger partial charge on any atom is 0.0411 e. The van der Waals surface area contributed by atoms with Gasteiger partial charge in [-0.25, -0.2) is 0 Å². The first kappa shape index (κ1) is 11.1. The van der Waals surface area contributed by atoms with E-state index in [2.05, 4.69) is 62.6 Å². The molecule has 0 spiro atoms. The third-order valence-corrected chi connectivity index (χ3v) is 4.56. The number of rotatable bonds is 0. The highest BCUT2D eigenvalue weighted by atomic mass is 15.1. The van der Waals surface area contributed by atoms with E-state index < -0.39 is 0 Å². The maximum atomic E-state index is 3.74. The molecule has 0 bridgehead atoms. The van der Waals surface area contributed by atoms with Crippen molar-refractivity contribution in [3.8, 4) is 0 Å². The highest BCUT2D eigenvalue weighted by Crippen LogP contribution is 2.50. The van der Waals surface area contributed by atoms with Crippen LogP contribution in [0.5, 0.6) is 0 Å². The normalized spacial score (nSPS) is 32.5. The van der Waals surface area contributed by atoms with E-state index in [1.54, 1.807) is 0 Å². The number of fused-ring (bicyclic) bond motifs is 3. The smallest absolute Gasteiger partial charge is 0.0411 e. The molecule has 2 heterocycles. The van der Waals surface area contributed by atoms with Crippen LogP contribution < -0.4 is 10.6 Å². The number of hydrogen-bond donors (Lipinski definition) is 2. The zero-order valence-electron chi connectivity index (χ0n) is 11.2. The largest absolute Gasteiger partial charge is 0.381 e. The van der Waals surface area contributed by atoms with Gasteiger partial charge in [-0.2, -0.15) is 0 Å². The highest BCUT2D eigenvalue weighted by Gasteiger charge is 2.51. The fourth-order valence-electron chi connectivity index (χ4n) is 3.46. The molecule has 17 heavy (non-hydrogen) atoms. The Bertz CT molecular complexity index is 448. The average Bonchev–Trinajstić information content (AvgIpc) is 2.66. The van der Waals surface area contributed by atoms with Crippen LogP contribution in [0.25, 0.3) is 0 Å². The second-order valence-electron chi connectivity index (χ2n) is 6.75. The molecule has 2 atom stereocenters. The van der Waals surface area contributed by atoms with Gasteiger partial charge in [0.2, 0.25) is 0 Å². The second kappa shape index (κ2) is 3.26. The van der Waals surface area contributed by atoms with Crippen molar-refractivity contribution < 1.29 is 0 Å². The van der Waals surface area contributed by atoms with Gasteiger partial charge in [-0.15, -0.1) is 0 Å². The molecule has 1 saturated heterocycles. The zero-order valence-corrected chi connectivity index (χ0v) is 11.2. The van der Waals surface area contributed by atoms with Crippen molar-refractivity contribution in [3.05, 3.63) is 29.8 Å². The molecule has 92 valence electrons. The summed E-state index contributed by atoms with van der Waals surface area (Å²) in [5, 5.41) is 7.46. The number of para-hydroxylation sites is 1. The first-order valence-corrected chi connectivity index (χ1v) is 6.52. The van der Waals surface area contributed by atoms with Crippen LogP contribution in [0.2, 0.25) is 0 Å². The molecule has 2 heteroatoms. The molecular weight excluding hydrogens is 208 g/mol. The van der Waals surface area contributed by atoms with E-state index >= 15 is 0 Å². The van der Waals surface area contributed by atoms with Crippen LogP contribution >= 0.6 is 0 Å². The van der Waals surface area contributed by atoms with E-state index in [1.165, 1.54) is 11.3 Å². The topological polar surface area (TPSA) is 24.1 Å². The fourth-order valence-corrected chi connectivity index (χ4v) is 3.46.